The molecule has 0 aliphatic carbocycles. The van der Waals surface area contributed by atoms with Gasteiger partial charge in [-0.25, -0.2) is 8.42 Å². The van der Waals surface area contributed by atoms with Crippen molar-refractivity contribution in [3.05, 3.63) is 28.7 Å². The van der Waals surface area contributed by atoms with Crippen molar-refractivity contribution in [2.45, 2.75) is 17.7 Å². The van der Waals surface area contributed by atoms with Crippen LogP contribution in [0.4, 0.5) is 0 Å². The van der Waals surface area contributed by atoms with E-state index in [0.29, 0.717) is 18.0 Å². The minimum atomic E-state index is -3.33. The van der Waals surface area contributed by atoms with Crippen LogP contribution in [0.2, 0.25) is 0 Å². The summed E-state index contributed by atoms with van der Waals surface area (Å²) in [5.41, 5.74) is 0.169. The second-order valence-electron chi connectivity index (χ2n) is 5.47. The van der Waals surface area contributed by atoms with Gasteiger partial charge in [-0.15, -0.1) is 0 Å². The quantitative estimate of drug-likeness (QED) is 0.890. The van der Waals surface area contributed by atoms with E-state index in [1.165, 1.54) is 0 Å². The van der Waals surface area contributed by atoms with Crippen molar-refractivity contribution in [1.82, 2.24) is 9.62 Å². The molecular weight excluding hydrogens is 328 g/mol. The maximum Gasteiger partial charge on any atom is 0.243 e. The van der Waals surface area contributed by atoms with Crippen LogP contribution in [0.5, 0.6) is 0 Å². The van der Waals surface area contributed by atoms with Crippen LogP contribution in [0, 0.1) is 5.41 Å². The van der Waals surface area contributed by atoms with Gasteiger partial charge in [-0.3, -0.25) is 0 Å². The summed E-state index contributed by atoms with van der Waals surface area (Å²) in [7, 11) is -3.33. The molecule has 2 saturated heterocycles. The minimum absolute atomic E-state index is 0.169. The average Bonchev–Trinajstić information content (AvgIpc) is 3.01. The SMILES string of the molecule is O=S(=O)(c1ccc(Br)cc1)N1CCC2(CCNC2)C1. The van der Waals surface area contributed by atoms with Gasteiger partial charge in [-0.2, -0.15) is 4.31 Å². The highest BCUT2D eigenvalue weighted by Gasteiger charge is 2.44. The first-order chi connectivity index (χ1) is 9.02. The molecule has 2 fully saturated rings. The maximum atomic E-state index is 12.6. The standard InChI is InChI=1S/C13H17BrN2O2S/c14-11-1-3-12(4-2-11)19(17,18)16-8-6-13(10-16)5-7-15-9-13/h1-4,15H,5-10H2. The van der Waals surface area contributed by atoms with Crippen LogP contribution in [0.1, 0.15) is 12.8 Å². The van der Waals surface area contributed by atoms with Crippen LogP contribution in [0.15, 0.2) is 33.6 Å². The van der Waals surface area contributed by atoms with E-state index in [9.17, 15) is 8.42 Å². The first kappa shape index (κ1) is 13.5. The first-order valence-electron chi connectivity index (χ1n) is 6.48. The summed E-state index contributed by atoms with van der Waals surface area (Å²) in [5.74, 6) is 0. The minimum Gasteiger partial charge on any atom is -0.316 e. The molecule has 1 aromatic rings. The van der Waals surface area contributed by atoms with E-state index >= 15 is 0 Å². The Labute approximate surface area is 122 Å². The van der Waals surface area contributed by atoms with Gasteiger partial charge in [0.1, 0.15) is 0 Å². The van der Waals surface area contributed by atoms with Crippen LogP contribution in [-0.4, -0.2) is 38.9 Å². The number of halogens is 1. The zero-order chi connectivity index (χ0) is 13.5. The lowest BCUT2D eigenvalue weighted by molar-refractivity contribution is 0.338. The summed E-state index contributed by atoms with van der Waals surface area (Å²) in [6.07, 6.45) is 2.05. The fraction of sp³-hybridized carbons (Fsp3) is 0.538. The van der Waals surface area contributed by atoms with E-state index in [4.69, 9.17) is 0 Å². The Morgan fingerprint density at radius 1 is 1.21 bits per heavy atom. The van der Waals surface area contributed by atoms with Crippen LogP contribution in [-0.2, 0) is 10.0 Å². The lowest BCUT2D eigenvalue weighted by Crippen LogP contribution is -2.33. The van der Waals surface area contributed by atoms with Gasteiger partial charge in [-0.1, -0.05) is 15.9 Å². The summed E-state index contributed by atoms with van der Waals surface area (Å²) in [4.78, 5) is 0.388. The third-order valence-electron chi connectivity index (χ3n) is 4.19. The molecule has 2 aliphatic rings. The fourth-order valence-electron chi connectivity index (χ4n) is 3.00. The van der Waals surface area contributed by atoms with Gasteiger partial charge in [0, 0.05) is 24.1 Å². The molecule has 104 valence electrons. The van der Waals surface area contributed by atoms with Crippen molar-refractivity contribution in [2.24, 2.45) is 5.41 Å². The zero-order valence-corrected chi connectivity index (χ0v) is 13.0. The lowest BCUT2D eigenvalue weighted by atomic mass is 9.87. The Morgan fingerprint density at radius 3 is 2.58 bits per heavy atom. The second kappa shape index (κ2) is 4.84. The van der Waals surface area contributed by atoms with E-state index in [0.717, 1.165) is 30.4 Å². The van der Waals surface area contributed by atoms with Crippen molar-refractivity contribution in [3.63, 3.8) is 0 Å². The lowest BCUT2D eigenvalue weighted by Gasteiger charge is -2.22. The Hall–Kier alpha value is -0.430. The zero-order valence-electron chi connectivity index (χ0n) is 10.6. The molecule has 1 atom stereocenters. The molecule has 6 heteroatoms. The molecule has 0 amide bonds. The number of rotatable bonds is 2. The summed E-state index contributed by atoms with van der Waals surface area (Å²) in [6.45, 7) is 3.24. The topological polar surface area (TPSA) is 49.4 Å². The number of hydrogen-bond donors (Lipinski definition) is 1. The molecule has 0 aromatic heterocycles. The first-order valence-corrected chi connectivity index (χ1v) is 8.72. The molecule has 1 aromatic carbocycles. The fourth-order valence-corrected chi connectivity index (χ4v) is 4.82. The largest absolute Gasteiger partial charge is 0.316 e. The van der Waals surface area contributed by atoms with Crippen LogP contribution in [0.25, 0.3) is 0 Å². The molecule has 19 heavy (non-hydrogen) atoms. The number of hydrogen-bond acceptors (Lipinski definition) is 3. The molecule has 2 aliphatic heterocycles. The summed E-state index contributed by atoms with van der Waals surface area (Å²) >= 11 is 3.33. The monoisotopic (exact) mass is 344 g/mol. The van der Waals surface area contributed by atoms with Gasteiger partial charge in [0.2, 0.25) is 10.0 Å². The highest BCUT2D eigenvalue weighted by molar-refractivity contribution is 9.10. The number of nitrogens with zero attached hydrogens (tertiary/aromatic N) is 1. The molecule has 2 heterocycles. The van der Waals surface area contributed by atoms with Gasteiger partial charge in [0.15, 0.2) is 0 Å². The number of sulfonamides is 1. The molecule has 3 rings (SSSR count). The van der Waals surface area contributed by atoms with Gasteiger partial charge in [0.25, 0.3) is 0 Å². The smallest absolute Gasteiger partial charge is 0.243 e. The molecule has 0 radical (unpaired) electrons. The Bertz CT molecular complexity index is 565. The summed E-state index contributed by atoms with van der Waals surface area (Å²) in [6, 6.07) is 6.88. The molecule has 4 nitrogen and oxygen atoms in total. The van der Waals surface area contributed by atoms with Crippen LogP contribution in [0.3, 0.4) is 0 Å². The third kappa shape index (κ3) is 2.46. The van der Waals surface area contributed by atoms with E-state index in [2.05, 4.69) is 21.2 Å². The van der Waals surface area contributed by atoms with Gasteiger partial charge < -0.3 is 5.32 Å². The Morgan fingerprint density at radius 2 is 1.95 bits per heavy atom. The molecular formula is C13H17BrN2O2S. The van der Waals surface area contributed by atoms with Crippen LogP contribution >= 0.6 is 15.9 Å². The van der Waals surface area contributed by atoms with Crippen molar-refractivity contribution >= 4 is 26.0 Å². The predicted octanol–water partition coefficient (Wildman–Crippen LogP) is 1.82. The van der Waals surface area contributed by atoms with Crippen molar-refractivity contribution in [3.8, 4) is 0 Å². The average molecular weight is 345 g/mol. The number of benzene rings is 1. The van der Waals surface area contributed by atoms with E-state index in [1.807, 2.05) is 0 Å². The summed E-state index contributed by atoms with van der Waals surface area (Å²) < 4.78 is 27.7. The van der Waals surface area contributed by atoms with Crippen LogP contribution < -0.4 is 5.32 Å². The van der Waals surface area contributed by atoms with Crippen molar-refractivity contribution < 1.29 is 8.42 Å². The highest BCUT2D eigenvalue weighted by atomic mass is 79.9. The molecule has 1 N–H and O–H groups in total. The van der Waals surface area contributed by atoms with Gasteiger partial charge in [0.05, 0.1) is 4.90 Å². The second-order valence-corrected chi connectivity index (χ2v) is 8.32. The Kier molecular flexibility index (Phi) is 3.45. The molecule has 1 unspecified atom stereocenters. The van der Waals surface area contributed by atoms with Crippen molar-refractivity contribution in [1.29, 1.82) is 0 Å². The van der Waals surface area contributed by atoms with E-state index in [-0.39, 0.29) is 5.41 Å². The molecule has 0 saturated carbocycles. The van der Waals surface area contributed by atoms with Gasteiger partial charge >= 0.3 is 0 Å². The highest BCUT2D eigenvalue weighted by Crippen LogP contribution is 2.38. The van der Waals surface area contributed by atoms with Gasteiger partial charge in [-0.05, 0) is 49.1 Å². The normalized spacial score (nSPS) is 28.3. The molecule has 1 spiro atoms. The third-order valence-corrected chi connectivity index (χ3v) is 6.57. The predicted molar refractivity (Wildman–Crippen MR) is 77.4 cm³/mol. The van der Waals surface area contributed by atoms with E-state index in [1.54, 1.807) is 28.6 Å². The van der Waals surface area contributed by atoms with Crippen molar-refractivity contribution in [2.75, 3.05) is 26.2 Å². The van der Waals surface area contributed by atoms with E-state index < -0.39 is 10.0 Å². The number of nitrogens with one attached hydrogen (secondary N) is 1. The maximum absolute atomic E-state index is 12.6. The Balaban J connectivity index is 1.84. The molecule has 0 bridgehead atoms. The summed E-state index contributed by atoms with van der Waals surface area (Å²) in [5, 5.41) is 3.35.